The van der Waals surface area contributed by atoms with Gasteiger partial charge in [0.1, 0.15) is 0 Å². The molecule has 0 amide bonds. The highest BCUT2D eigenvalue weighted by molar-refractivity contribution is 6.31. The van der Waals surface area contributed by atoms with E-state index in [1.165, 1.54) is 12.1 Å². The summed E-state index contributed by atoms with van der Waals surface area (Å²) in [7, 11) is 0. The van der Waals surface area contributed by atoms with Gasteiger partial charge in [0, 0.05) is 11.6 Å². The molecule has 1 saturated heterocycles. The zero-order valence-corrected chi connectivity index (χ0v) is 11.6. The fraction of sp³-hybridized carbons (Fsp3) is 0.571. The first-order valence-electron chi connectivity index (χ1n) is 6.44. The van der Waals surface area contributed by atoms with Crippen LogP contribution < -0.4 is 0 Å². The number of halogens is 4. The van der Waals surface area contributed by atoms with Crippen molar-refractivity contribution in [3.63, 3.8) is 0 Å². The Labute approximate surface area is 116 Å². The lowest BCUT2D eigenvalue weighted by atomic mass is 9.98. The summed E-state index contributed by atoms with van der Waals surface area (Å²) in [6.07, 6.45) is -2.12. The van der Waals surface area contributed by atoms with Crippen LogP contribution >= 0.6 is 11.6 Å². The average molecular weight is 292 g/mol. The van der Waals surface area contributed by atoms with Crippen molar-refractivity contribution in [2.45, 2.75) is 32.5 Å². The predicted octanol–water partition coefficient (Wildman–Crippen LogP) is 4.59. The predicted molar refractivity (Wildman–Crippen MR) is 70.1 cm³/mol. The zero-order chi connectivity index (χ0) is 14.0. The van der Waals surface area contributed by atoms with Crippen molar-refractivity contribution < 1.29 is 13.2 Å². The Balaban J connectivity index is 2.11. The summed E-state index contributed by atoms with van der Waals surface area (Å²) in [4.78, 5) is 2.17. The molecule has 5 heteroatoms. The van der Waals surface area contributed by atoms with E-state index in [4.69, 9.17) is 11.6 Å². The van der Waals surface area contributed by atoms with E-state index < -0.39 is 11.7 Å². The van der Waals surface area contributed by atoms with Crippen LogP contribution in [-0.4, -0.2) is 18.0 Å². The minimum absolute atomic E-state index is 0.409. The second-order valence-electron chi connectivity index (χ2n) is 5.26. The quantitative estimate of drug-likeness (QED) is 0.770. The maximum atomic E-state index is 12.7. The molecule has 1 aromatic carbocycles. The number of alkyl halides is 3. The second kappa shape index (κ2) is 5.71. The van der Waals surface area contributed by atoms with Crippen molar-refractivity contribution in [1.29, 1.82) is 0 Å². The van der Waals surface area contributed by atoms with E-state index in [2.05, 4.69) is 11.8 Å². The Kier molecular flexibility index (Phi) is 4.41. The first-order valence-corrected chi connectivity index (χ1v) is 6.82. The van der Waals surface area contributed by atoms with Gasteiger partial charge < -0.3 is 0 Å². The minimum Gasteiger partial charge on any atom is -0.299 e. The molecule has 1 nitrogen and oxygen atoms in total. The molecular weight excluding hydrogens is 275 g/mol. The Bertz CT molecular complexity index is 437. The molecule has 0 bridgehead atoms. The lowest BCUT2D eigenvalue weighted by Gasteiger charge is -2.30. The van der Waals surface area contributed by atoms with Gasteiger partial charge in [0.15, 0.2) is 0 Å². The Morgan fingerprint density at radius 1 is 1.26 bits per heavy atom. The van der Waals surface area contributed by atoms with Crippen LogP contribution in [0.3, 0.4) is 0 Å². The summed E-state index contributed by atoms with van der Waals surface area (Å²) < 4.78 is 38.0. The van der Waals surface area contributed by atoms with Crippen molar-refractivity contribution in [1.82, 2.24) is 4.90 Å². The Morgan fingerprint density at radius 3 is 2.47 bits per heavy atom. The number of rotatable bonds is 2. The van der Waals surface area contributed by atoms with Gasteiger partial charge in [-0.1, -0.05) is 18.5 Å². The molecule has 0 aliphatic carbocycles. The largest absolute Gasteiger partial charge is 0.416 e. The molecule has 1 aromatic rings. The maximum absolute atomic E-state index is 12.7. The van der Waals surface area contributed by atoms with Crippen LogP contribution in [0, 0.1) is 5.92 Å². The average Bonchev–Trinajstić information content (AvgIpc) is 2.33. The number of piperidine rings is 1. The molecular formula is C14H17ClF3N. The number of hydrogen-bond acceptors (Lipinski definition) is 1. The van der Waals surface area contributed by atoms with Crippen molar-refractivity contribution in [3.8, 4) is 0 Å². The molecule has 0 unspecified atom stereocenters. The topological polar surface area (TPSA) is 3.24 Å². The SMILES string of the molecule is CC1CCN(Cc2cc(C(F)(F)F)ccc2Cl)CC1. The summed E-state index contributed by atoms with van der Waals surface area (Å²) in [6, 6.07) is 3.54. The first-order chi connectivity index (χ1) is 8.86. The van der Waals surface area contributed by atoms with Crippen LogP contribution in [0.2, 0.25) is 5.02 Å². The van der Waals surface area contributed by atoms with Crippen LogP contribution in [0.25, 0.3) is 0 Å². The lowest BCUT2D eigenvalue weighted by Crippen LogP contribution is -2.32. The number of hydrogen-bond donors (Lipinski definition) is 0. The summed E-state index contributed by atoms with van der Waals surface area (Å²) >= 11 is 6.00. The fourth-order valence-corrected chi connectivity index (χ4v) is 2.51. The summed E-state index contributed by atoms with van der Waals surface area (Å²) in [6.45, 7) is 4.55. The fourth-order valence-electron chi connectivity index (χ4n) is 2.33. The third-order valence-electron chi connectivity index (χ3n) is 3.64. The summed E-state index contributed by atoms with van der Waals surface area (Å²) in [5.41, 5.74) is -0.0664. The van der Waals surface area contributed by atoms with E-state index in [0.29, 0.717) is 23.0 Å². The molecule has 0 spiro atoms. The van der Waals surface area contributed by atoms with Gasteiger partial charge >= 0.3 is 6.18 Å². The molecule has 1 aliphatic rings. The normalized spacial score (nSPS) is 18.8. The molecule has 0 saturated carbocycles. The Hall–Kier alpha value is -0.740. The molecule has 0 radical (unpaired) electrons. The van der Waals surface area contributed by atoms with Crippen LogP contribution in [0.4, 0.5) is 13.2 Å². The van der Waals surface area contributed by atoms with Crippen LogP contribution in [0.5, 0.6) is 0 Å². The van der Waals surface area contributed by atoms with Gasteiger partial charge in [0.2, 0.25) is 0 Å². The van der Waals surface area contributed by atoms with Crippen molar-refractivity contribution >= 4 is 11.6 Å². The molecule has 19 heavy (non-hydrogen) atoms. The molecule has 0 atom stereocenters. The van der Waals surface area contributed by atoms with Crippen LogP contribution in [0.1, 0.15) is 30.9 Å². The molecule has 1 heterocycles. The van der Waals surface area contributed by atoms with Crippen molar-refractivity contribution in [2.24, 2.45) is 5.92 Å². The van der Waals surface area contributed by atoms with E-state index in [0.717, 1.165) is 32.0 Å². The van der Waals surface area contributed by atoms with Crippen LogP contribution in [0.15, 0.2) is 18.2 Å². The van der Waals surface area contributed by atoms with Gasteiger partial charge in [0.25, 0.3) is 0 Å². The first kappa shape index (κ1) is 14.7. The Morgan fingerprint density at radius 2 is 1.89 bits per heavy atom. The third kappa shape index (κ3) is 3.86. The van der Waals surface area contributed by atoms with E-state index >= 15 is 0 Å². The van der Waals surface area contributed by atoms with Gasteiger partial charge in [-0.2, -0.15) is 13.2 Å². The molecule has 1 fully saturated rings. The molecule has 2 rings (SSSR count). The molecule has 1 aliphatic heterocycles. The van der Waals surface area contributed by atoms with Gasteiger partial charge in [-0.15, -0.1) is 0 Å². The van der Waals surface area contributed by atoms with E-state index in [-0.39, 0.29) is 0 Å². The van der Waals surface area contributed by atoms with Gasteiger partial charge in [-0.25, -0.2) is 0 Å². The third-order valence-corrected chi connectivity index (χ3v) is 4.01. The minimum atomic E-state index is -4.31. The smallest absolute Gasteiger partial charge is 0.299 e. The van der Waals surface area contributed by atoms with Crippen molar-refractivity contribution in [3.05, 3.63) is 34.3 Å². The monoisotopic (exact) mass is 291 g/mol. The highest BCUT2D eigenvalue weighted by Crippen LogP contribution is 2.32. The molecule has 0 N–H and O–H groups in total. The van der Waals surface area contributed by atoms with E-state index in [1.807, 2.05) is 0 Å². The zero-order valence-electron chi connectivity index (χ0n) is 10.8. The number of nitrogens with zero attached hydrogens (tertiary/aromatic N) is 1. The van der Waals surface area contributed by atoms with Crippen LogP contribution in [-0.2, 0) is 12.7 Å². The molecule has 0 aromatic heterocycles. The highest BCUT2D eigenvalue weighted by atomic mass is 35.5. The van der Waals surface area contributed by atoms with E-state index in [9.17, 15) is 13.2 Å². The maximum Gasteiger partial charge on any atom is 0.416 e. The van der Waals surface area contributed by atoms with Gasteiger partial charge in [0.05, 0.1) is 5.56 Å². The standard InChI is InChI=1S/C14H17ClF3N/c1-10-4-6-19(7-5-10)9-11-8-12(14(16,17)18)2-3-13(11)15/h2-3,8,10H,4-7,9H2,1H3. The second-order valence-corrected chi connectivity index (χ2v) is 5.67. The number of benzene rings is 1. The van der Waals surface area contributed by atoms with E-state index in [1.54, 1.807) is 0 Å². The van der Waals surface area contributed by atoms with Gasteiger partial charge in [-0.05, 0) is 55.6 Å². The van der Waals surface area contributed by atoms with Crippen molar-refractivity contribution in [2.75, 3.05) is 13.1 Å². The van der Waals surface area contributed by atoms with Gasteiger partial charge in [-0.3, -0.25) is 4.90 Å². The highest BCUT2D eigenvalue weighted by Gasteiger charge is 2.31. The lowest BCUT2D eigenvalue weighted by molar-refractivity contribution is -0.137. The number of likely N-dealkylation sites (tertiary alicyclic amines) is 1. The molecule has 106 valence electrons. The summed E-state index contributed by atoms with van der Waals surface area (Å²) in [5, 5.41) is 0.409. The summed E-state index contributed by atoms with van der Waals surface area (Å²) in [5.74, 6) is 0.702.